The van der Waals surface area contributed by atoms with Gasteiger partial charge in [-0.2, -0.15) is 9.29 Å². The summed E-state index contributed by atoms with van der Waals surface area (Å²) in [6, 6.07) is 1.24. The van der Waals surface area contributed by atoms with Crippen LogP contribution in [0.5, 0.6) is 0 Å². The maximum Gasteiger partial charge on any atom is 0.481 e. The van der Waals surface area contributed by atoms with Gasteiger partial charge in [0.2, 0.25) is 0 Å². The van der Waals surface area contributed by atoms with Crippen molar-refractivity contribution < 1.29 is 71.4 Å². The monoisotopic (exact) mass is 1060 g/mol. The van der Waals surface area contributed by atoms with Gasteiger partial charge in [-0.05, 0) is 56.9 Å². The number of aliphatic hydroxyl groups excluding tert-OH is 3. The van der Waals surface area contributed by atoms with Gasteiger partial charge in [-0.1, -0.05) is 165 Å². The zero-order valence-electron chi connectivity index (χ0n) is 42.7. The Morgan fingerprint density at radius 3 is 1.90 bits per heavy atom. The Bertz CT molecular complexity index is 1970. The lowest BCUT2D eigenvalue weighted by atomic mass is 10.0. The lowest BCUT2D eigenvalue weighted by Gasteiger charge is -2.21. The second kappa shape index (κ2) is 38.0. The fourth-order valence-corrected chi connectivity index (χ4v) is 9.52. The molecule has 1 fully saturated rings. The Labute approximate surface area is 426 Å². The van der Waals surface area contributed by atoms with Crippen LogP contribution in [-0.4, -0.2) is 96.9 Å². The second-order valence-corrected chi connectivity index (χ2v) is 21.4. The molecule has 72 heavy (non-hydrogen) atoms. The molecule has 7 N–H and O–H groups in total. The SMILES string of the molecule is CC/C=C\C/C=C\C/C=C\C/C=C\C=C\C(O)CCCC(=O)O[C@H](COC(=O)CCCCCCCCCCCCCCCC(C)C)COP(=O)(O)OP(=O)(O)OC[C@H]1O[C@@H](n2ccc(N)nc2=O)[C@H](O)[C@@H]1O. The highest BCUT2D eigenvalue weighted by Gasteiger charge is 2.46. The molecule has 1 aliphatic rings. The summed E-state index contributed by atoms with van der Waals surface area (Å²) in [6.07, 6.45) is 31.9. The molecule has 3 unspecified atom stereocenters. The number of nitrogens with zero attached hydrogens (tertiary/aromatic N) is 2. The van der Waals surface area contributed by atoms with Gasteiger partial charge in [0, 0.05) is 19.0 Å². The van der Waals surface area contributed by atoms with Crippen LogP contribution in [0.1, 0.15) is 168 Å². The summed E-state index contributed by atoms with van der Waals surface area (Å²) < 4.78 is 56.6. The van der Waals surface area contributed by atoms with E-state index in [9.17, 15) is 48.6 Å². The number of anilines is 1. The highest BCUT2D eigenvalue weighted by Crippen LogP contribution is 2.60. The fourth-order valence-electron chi connectivity index (χ4n) is 7.41. The van der Waals surface area contributed by atoms with Crippen molar-refractivity contribution in [2.24, 2.45) is 5.92 Å². The van der Waals surface area contributed by atoms with Gasteiger partial charge < -0.3 is 45.1 Å². The smallest absolute Gasteiger partial charge is 0.462 e. The van der Waals surface area contributed by atoms with Crippen LogP contribution in [0.25, 0.3) is 0 Å². The van der Waals surface area contributed by atoms with E-state index < -0.39 is 89.8 Å². The zero-order chi connectivity index (χ0) is 53.0. The predicted molar refractivity (Wildman–Crippen MR) is 276 cm³/mol. The first kappa shape index (κ1) is 64.5. The second-order valence-electron chi connectivity index (χ2n) is 18.3. The predicted octanol–water partition coefficient (Wildman–Crippen LogP) is 9.55. The Morgan fingerprint density at radius 2 is 1.31 bits per heavy atom. The lowest BCUT2D eigenvalue weighted by Crippen LogP contribution is -2.36. The van der Waals surface area contributed by atoms with Gasteiger partial charge in [-0.25, -0.2) is 13.9 Å². The standard InChI is InChI=1S/C51H85N3O16P2/c1-4-5-6-7-8-9-10-12-16-19-22-25-28-32-42(55)33-30-35-47(57)68-43(38-65-46(56)34-29-26-23-20-17-14-11-13-15-18-21-24-27-31-41(2)3)39-66-71(61,62)70-72(63,64)67-40-44-48(58)49(59)50(69-44)54-37-36-45(52)53-51(54)60/h5-6,8-9,12,16,22,25,28,32,36-37,41-44,48-50,55,58-59H,4,7,10-11,13-15,17-21,23-24,26-27,29-31,33-35,38-40H2,1-3H3,(H,61,62)(H,63,64)(H2,52,53,60)/b6-5-,9-8-,16-12-,25-22-,32-28+/t42?,43-,44-,48-,49-,50-/m1/s1. The maximum absolute atomic E-state index is 12.9. The normalized spacial score (nSPS) is 20.1. The number of aromatic nitrogens is 2. The number of hydrogen-bond donors (Lipinski definition) is 6. The number of esters is 2. The molecule has 1 aromatic heterocycles. The number of aliphatic hydroxyl groups is 3. The van der Waals surface area contributed by atoms with Crippen LogP contribution in [0.4, 0.5) is 5.82 Å². The molecule has 410 valence electrons. The molecule has 21 heteroatoms. The highest BCUT2D eigenvalue weighted by molar-refractivity contribution is 7.61. The summed E-state index contributed by atoms with van der Waals surface area (Å²) in [6.45, 7) is 4.16. The van der Waals surface area contributed by atoms with Crippen LogP contribution in [0.2, 0.25) is 0 Å². The van der Waals surface area contributed by atoms with Gasteiger partial charge in [0.1, 0.15) is 30.7 Å². The Hall–Kier alpha value is -3.58. The highest BCUT2D eigenvalue weighted by atomic mass is 31.3. The first-order chi connectivity index (χ1) is 34.4. The minimum atomic E-state index is -5.47. The molecular weight excluding hydrogens is 973 g/mol. The average Bonchev–Trinajstić information content (AvgIpc) is 3.60. The number of unbranched alkanes of at least 4 members (excludes halogenated alkanes) is 12. The molecule has 1 saturated heterocycles. The van der Waals surface area contributed by atoms with Gasteiger partial charge >= 0.3 is 33.3 Å². The maximum atomic E-state index is 12.9. The summed E-state index contributed by atoms with van der Waals surface area (Å²) in [7, 11) is -10.9. The average molecular weight is 1060 g/mol. The van der Waals surface area contributed by atoms with Crippen molar-refractivity contribution >= 4 is 33.4 Å². The molecule has 0 saturated carbocycles. The van der Waals surface area contributed by atoms with Gasteiger partial charge in [0.15, 0.2) is 12.3 Å². The van der Waals surface area contributed by atoms with Crippen LogP contribution in [0, 0.1) is 5.92 Å². The number of allylic oxidation sites excluding steroid dienone is 9. The summed E-state index contributed by atoms with van der Waals surface area (Å²) >= 11 is 0. The molecule has 19 nitrogen and oxygen atoms in total. The number of phosphoric acid groups is 2. The van der Waals surface area contributed by atoms with Crippen LogP contribution >= 0.6 is 15.6 Å². The largest absolute Gasteiger partial charge is 0.481 e. The minimum Gasteiger partial charge on any atom is -0.462 e. The van der Waals surface area contributed by atoms with Crippen molar-refractivity contribution in [3.8, 4) is 0 Å². The van der Waals surface area contributed by atoms with Crippen LogP contribution < -0.4 is 11.4 Å². The first-order valence-corrected chi connectivity index (χ1v) is 28.8. The van der Waals surface area contributed by atoms with Crippen molar-refractivity contribution in [2.45, 2.75) is 199 Å². The zero-order valence-corrected chi connectivity index (χ0v) is 44.5. The van der Waals surface area contributed by atoms with Gasteiger partial charge in [0.25, 0.3) is 0 Å². The van der Waals surface area contributed by atoms with E-state index in [1.165, 1.54) is 63.9 Å². The third kappa shape index (κ3) is 31.2. The van der Waals surface area contributed by atoms with Crippen molar-refractivity contribution in [3.63, 3.8) is 0 Å². The van der Waals surface area contributed by atoms with Gasteiger partial charge in [-0.15, -0.1) is 0 Å². The van der Waals surface area contributed by atoms with E-state index in [0.717, 1.165) is 68.0 Å². The minimum absolute atomic E-state index is 0.0857. The summed E-state index contributed by atoms with van der Waals surface area (Å²) in [5.41, 5.74) is 4.57. The molecule has 8 atom stereocenters. The number of rotatable bonds is 41. The third-order valence-corrected chi connectivity index (χ3v) is 14.0. The van der Waals surface area contributed by atoms with E-state index in [-0.39, 0.29) is 31.5 Å². The Balaban J connectivity index is 1.85. The number of hydrogen-bond acceptors (Lipinski definition) is 16. The summed E-state index contributed by atoms with van der Waals surface area (Å²) in [4.78, 5) is 61.9. The molecule has 1 aliphatic heterocycles. The molecule has 0 aromatic carbocycles. The molecular formula is C51H85N3O16P2. The summed E-state index contributed by atoms with van der Waals surface area (Å²) in [5.74, 6) is -0.732. The van der Waals surface area contributed by atoms with Crippen LogP contribution in [-0.2, 0) is 46.3 Å². The van der Waals surface area contributed by atoms with Crippen molar-refractivity contribution in [2.75, 3.05) is 25.6 Å². The van der Waals surface area contributed by atoms with E-state index in [1.807, 2.05) is 18.2 Å². The van der Waals surface area contributed by atoms with E-state index in [0.29, 0.717) is 6.42 Å². The van der Waals surface area contributed by atoms with E-state index in [4.69, 9.17) is 29.0 Å². The number of carbonyl (C=O) groups excluding carboxylic acids is 2. The molecule has 0 amide bonds. The number of carbonyl (C=O) groups is 2. The Morgan fingerprint density at radius 1 is 0.750 bits per heavy atom. The molecule has 1 aromatic rings. The molecule has 2 rings (SSSR count). The fraction of sp³-hybridized carbons (Fsp3) is 0.686. The van der Waals surface area contributed by atoms with Crippen molar-refractivity contribution in [1.29, 1.82) is 0 Å². The molecule has 0 bridgehead atoms. The third-order valence-electron chi connectivity index (χ3n) is 11.4. The van der Waals surface area contributed by atoms with Crippen LogP contribution in [0.15, 0.2) is 77.8 Å². The Kier molecular flexibility index (Phi) is 34.1. The summed E-state index contributed by atoms with van der Waals surface area (Å²) in [5, 5.41) is 31.3. The number of nitrogen functional groups attached to an aromatic ring is 1. The van der Waals surface area contributed by atoms with E-state index in [2.05, 4.69) is 60.4 Å². The quantitative estimate of drug-likeness (QED) is 0.0117. The van der Waals surface area contributed by atoms with Crippen molar-refractivity contribution in [3.05, 3.63) is 83.5 Å². The molecule has 0 radical (unpaired) electrons. The van der Waals surface area contributed by atoms with E-state index >= 15 is 0 Å². The first-order valence-electron chi connectivity index (χ1n) is 25.8. The lowest BCUT2D eigenvalue weighted by molar-refractivity contribution is -0.161. The van der Waals surface area contributed by atoms with Gasteiger partial charge in [-0.3, -0.25) is 23.2 Å². The molecule has 0 aliphatic carbocycles. The number of ether oxygens (including phenoxy) is 3. The topological polar surface area (TPSA) is 286 Å². The number of phosphoric ester groups is 2. The molecule has 2 heterocycles. The van der Waals surface area contributed by atoms with E-state index in [1.54, 1.807) is 12.2 Å². The van der Waals surface area contributed by atoms with Crippen molar-refractivity contribution in [1.82, 2.24) is 9.55 Å². The van der Waals surface area contributed by atoms with Crippen LogP contribution in [0.3, 0.4) is 0 Å². The van der Waals surface area contributed by atoms with Gasteiger partial charge in [0.05, 0.1) is 19.3 Å². The molecule has 0 spiro atoms. The number of nitrogens with two attached hydrogens (primary N) is 1.